The van der Waals surface area contributed by atoms with E-state index >= 15 is 0 Å². The molecule has 0 aliphatic heterocycles. The molecule has 5 nitrogen and oxygen atoms in total. The Kier molecular flexibility index (Phi) is 5.98. The van der Waals surface area contributed by atoms with E-state index in [-0.39, 0.29) is 25.0 Å². The van der Waals surface area contributed by atoms with Crippen LogP contribution in [0.5, 0.6) is 0 Å². The predicted molar refractivity (Wildman–Crippen MR) is 77.1 cm³/mol. The molecule has 0 unspecified atom stereocenters. The summed E-state index contributed by atoms with van der Waals surface area (Å²) in [5, 5.41) is 11.5. The number of anilines is 1. The molecule has 2 N–H and O–H groups in total. The summed E-state index contributed by atoms with van der Waals surface area (Å²) in [4.78, 5) is 24.2. The van der Waals surface area contributed by atoms with Crippen molar-refractivity contribution in [2.24, 2.45) is 0 Å². The maximum Gasteiger partial charge on any atom is 0.317 e. The van der Waals surface area contributed by atoms with Crippen LogP contribution in [-0.2, 0) is 9.59 Å². The van der Waals surface area contributed by atoms with E-state index in [0.717, 1.165) is 4.47 Å². The molecule has 1 amide bonds. The van der Waals surface area contributed by atoms with Crippen LogP contribution in [-0.4, -0.2) is 41.0 Å². The fourth-order valence-corrected chi connectivity index (χ4v) is 1.92. The van der Waals surface area contributed by atoms with Gasteiger partial charge >= 0.3 is 5.97 Å². The second-order valence-corrected chi connectivity index (χ2v) is 5.27. The zero-order valence-electron chi connectivity index (χ0n) is 10.9. The maximum absolute atomic E-state index is 11.9. The molecule has 0 heterocycles. The second kappa shape index (κ2) is 7.25. The fourth-order valence-electron chi connectivity index (χ4n) is 1.53. The van der Waals surface area contributed by atoms with Crippen LogP contribution in [0.4, 0.5) is 5.69 Å². The molecule has 0 radical (unpaired) electrons. The normalized spacial score (nSPS) is 10.8. The number of para-hydroxylation sites is 1. The van der Waals surface area contributed by atoms with Gasteiger partial charge in [0, 0.05) is 10.5 Å². The van der Waals surface area contributed by atoms with Gasteiger partial charge in [-0.2, -0.15) is 0 Å². The number of hydrogen-bond acceptors (Lipinski definition) is 3. The highest BCUT2D eigenvalue weighted by Crippen LogP contribution is 2.21. The van der Waals surface area contributed by atoms with E-state index in [9.17, 15) is 9.59 Å². The first-order valence-electron chi connectivity index (χ1n) is 5.90. The summed E-state index contributed by atoms with van der Waals surface area (Å²) in [6.07, 6.45) is 0. The van der Waals surface area contributed by atoms with E-state index in [4.69, 9.17) is 5.11 Å². The van der Waals surface area contributed by atoms with Crippen LogP contribution >= 0.6 is 15.9 Å². The number of aliphatic carboxylic acids is 1. The Morgan fingerprint density at radius 2 is 1.95 bits per heavy atom. The van der Waals surface area contributed by atoms with Gasteiger partial charge in [0.05, 0.1) is 18.8 Å². The molecule has 0 bridgehead atoms. The minimum absolute atomic E-state index is 0.0129. The van der Waals surface area contributed by atoms with Crippen LogP contribution in [0.1, 0.15) is 13.8 Å². The minimum atomic E-state index is -0.942. The summed E-state index contributed by atoms with van der Waals surface area (Å²) in [5.74, 6) is -1.18. The predicted octanol–water partition coefficient (Wildman–Crippen LogP) is 2.18. The molecule has 1 aromatic carbocycles. The van der Waals surface area contributed by atoms with Crippen LogP contribution < -0.4 is 5.32 Å². The summed E-state index contributed by atoms with van der Waals surface area (Å²) in [7, 11) is 0. The number of benzene rings is 1. The molecule has 19 heavy (non-hydrogen) atoms. The lowest BCUT2D eigenvalue weighted by Gasteiger charge is -2.23. The monoisotopic (exact) mass is 328 g/mol. The largest absolute Gasteiger partial charge is 0.480 e. The van der Waals surface area contributed by atoms with Gasteiger partial charge in [-0.1, -0.05) is 12.1 Å². The second-order valence-electron chi connectivity index (χ2n) is 4.42. The van der Waals surface area contributed by atoms with Gasteiger partial charge in [0.25, 0.3) is 0 Å². The molecule has 6 heteroatoms. The number of carboxylic acid groups (broad SMARTS) is 1. The summed E-state index contributed by atoms with van der Waals surface area (Å²) >= 11 is 3.34. The van der Waals surface area contributed by atoms with Crippen molar-refractivity contribution < 1.29 is 14.7 Å². The van der Waals surface area contributed by atoms with Gasteiger partial charge in [0.2, 0.25) is 5.91 Å². The Bertz CT molecular complexity index is 463. The standard InChI is InChI=1S/C13H17BrN2O3/c1-9(2)16(8-13(18)19)7-12(17)15-11-6-4-3-5-10(11)14/h3-6,9H,7-8H2,1-2H3,(H,15,17)(H,18,19). The number of carboxylic acids is 1. The van der Waals surface area contributed by atoms with Crippen LogP contribution in [0, 0.1) is 0 Å². The zero-order valence-corrected chi connectivity index (χ0v) is 12.5. The van der Waals surface area contributed by atoms with Crippen molar-refractivity contribution in [1.82, 2.24) is 4.90 Å². The maximum atomic E-state index is 11.9. The lowest BCUT2D eigenvalue weighted by Crippen LogP contribution is -2.41. The van der Waals surface area contributed by atoms with Crippen molar-refractivity contribution in [1.29, 1.82) is 0 Å². The molecule has 0 fully saturated rings. The molecule has 0 saturated carbocycles. The molecule has 0 saturated heterocycles. The SMILES string of the molecule is CC(C)N(CC(=O)O)CC(=O)Nc1ccccc1Br. The Labute approximate surface area is 120 Å². The van der Waals surface area contributed by atoms with E-state index in [0.29, 0.717) is 5.69 Å². The van der Waals surface area contributed by atoms with Crippen molar-refractivity contribution >= 4 is 33.5 Å². The molecular formula is C13H17BrN2O3. The average Bonchev–Trinajstić information content (AvgIpc) is 2.30. The molecule has 1 rings (SSSR count). The number of hydrogen-bond donors (Lipinski definition) is 2. The molecule has 0 spiro atoms. The lowest BCUT2D eigenvalue weighted by molar-refractivity contribution is -0.139. The summed E-state index contributed by atoms with van der Waals surface area (Å²) in [5.41, 5.74) is 0.673. The van der Waals surface area contributed by atoms with Crippen LogP contribution in [0.3, 0.4) is 0 Å². The first-order chi connectivity index (χ1) is 8.90. The van der Waals surface area contributed by atoms with Gasteiger partial charge in [0.1, 0.15) is 0 Å². The molecule has 1 aromatic rings. The average molecular weight is 329 g/mol. The third-order valence-corrected chi connectivity index (χ3v) is 3.25. The van der Waals surface area contributed by atoms with Crippen LogP contribution in [0.2, 0.25) is 0 Å². The Hall–Kier alpha value is -1.40. The molecule has 0 atom stereocenters. The Morgan fingerprint density at radius 3 is 2.47 bits per heavy atom. The van der Waals surface area contributed by atoms with E-state index < -0.39 is 5.97 Å². The first-order valence-corrected chi connectivity index (χ1v) is 6.69. The number of carbonyl (C=O) groups is 2. The van der Waals surface area contributed by atoms with Crippen molar-refractivity contribution in [3.8, 4) is 0 Å². The number of rotatable bonds is 6. The summed E-state index contributed by atoms with van der Waals surface area (Å²) < 4.78 is 0.790. The first kappa shape index (κ1) is 15.7. The van der Waals surface area contributed by atoms with Crippen LogP contribution in [0.15, 0.2) is 28.7 Å². The van der Waals surface area contributed by atoms with Crippen molar-refractivity contribution in [2.45, 2.75) is 19.9 Å². The van der Waals surface area contributed by atoms with Gasteiger partial charge in [0.15, 0.2) is 0 Å². The number of halogens is 1. The zero-order chi connectivity index (χ0) is 14.4. The fraction of sp³-hybridized carbons (Fsp3) is 0.385. The van der Waals surface area contributed by atoms with Crippen molar-refractivity contribution in [3.63, 3.8) is 0 Å². The summed E-state index contributed by atoms with van der Waals surface area (Å²) in [6, 6.07) is 7.26. The molecule has 104 valence electrons. The van der Waals surface area contributed by atoms with Gasteiger partial charge in [-0.3, -0.25) is 14.5 Å². The highest BCUT2D eigenvalue weighted by molar-refractivity contribution is 9.10. The third kappa shape index (κ3) is 5.40. The topological polar surface area (TPSA) is 69.6 Å². The van der Waals surface area contributed by atoms with E-state index in [1.54, 1.807) is 11.0 Å². The van der Waals surface area contributed by atoms with Crippen LogP contribution in [0.25, 0.3) is 0 Å². The van der Waals surface area contributed by atoms with Gasteiger partial charge in [-0.05, 0) is 41.9 Å². The number of amides is 1. The molecule has 0 aliphatic rings. The number of nitrogens with one attached hydrogen (secondary N) is 1. The van der Waals surface area contributed by atoms with E-state index in [1.807, 2.05) is 32.0 Å². The molecule has 0 aromatic heterocycles. The summed E-state index contributed by atoms with van der Waals surface area (Å²) in [6.45, 7) is 3.61. The minimum Gasteiger partial charge on any atom is -0.480 e. The van der Waals surface area contributed by atoms with E-state index in [2.05, 4.69) is 21.2 Å². The highest BCUT2D eigenvalue weighted by atomic mass is 79.9. The lowest BCUT2D eigenvalue weighted by atomic mass is 10.3. The van der Waals surface area contributed by atoms with E-state index in [1.165, 1.54) is 0 Å². The molecular weight excluding hydrogens is 312 g/mol. The third-order valence-electron chi connectivity index (χ3n) is 2.56. The highest BCUT2D eigenvalue weighted by Gasteiger charge is 2.17. The Balaban J connectivity index is 2.63. The molecule has 0 aliphatic carbocycles. The van der Waals surface area contributed by atoms with Gasteiger partial charge in [-0.15, -0.1) is 0 Å². The number of carbonyl (C=O) groups excluding carboxylic acids is 1. The number of nitrogens with zero attached hydrogens (tertiary/aromatic N) is 1. The van der Waals surface area contributed by atoms with Crippen molar-refractivity contribution in [2.75, 3.05) is 18.4 Å². The van der Waals surface area contributed by atoms with Gasteiger partial charge < -0.3 is 10.4 Å². The quantitative estimate of drug-likeness (QED) is 0.839. The Morgan fingerprint density at radius 1 is 1.32 bits per heavy atom. The van der Waals surface area contributed by atoms with Gasteiger partial charge in [-0.25, -0.2) is 0 Å². The smallest absolute Gasteiger partial charge is 0.317 e. The van der Waals surface area contributed by atoms with Crippen molar-refractivity contribution in [3.05, 3.63) is 28.7 Å².